The summed E-state index contributed by atoms with van der Waals surface area (Å²) in [6, 6.07) is 7.52. The van der Waals surface area contributed by atoms with E-state index in [0.717, 1.165) is 10.9 Å². The molecular weight excluding hydrogens is 216 g/mol. The van der Waals surface area contributed by atoms with Crippen molar-refractivity contribution in [3.05, 3.63) is 36.0 Å². The quantitative estimate of drug-likeness (QED) is 0.841. The number of fused-ring (bicyclic) bond motifs is 1. The number of carbonyl (C=O) groups is 1. The van der Waals surface area contributed by atoms with Crippen molar-refractivity contribution in [1.29, 1.82) is 0 Å². The molecule has 0 aliphatic carbocycles. The first-order valence-corrected chi connectivity index (χ1v) is 5.74. The van der Waals surface area contributed by atoms with E-state index in [-0.39, 0.29) is 12.5 Å². The third-order valence-corrected chi connectivity index (χ3v) is 2.86. The first-order valence-electron chi connectivity index (χ1n) is 5.74. The van der Waals surface area contributed by atoms with E-state index in [0.29, 0.717) is 18.7 Å². The van der Waals surface area contributed by atoms with Crippen molar-refractivity contribution in [2.75, 3.05) is 19.7 Å². The van der Waals surface area contributed by atoms with Crippen LogP contribution >= 0.6 is 0 Å². The summed E-state index contributed by atoms with van der Waals surface area (Å²) in [4.78, 5) is 17.0. The van der Waals surface area contributed by atoms with Gasteiger partial charge in [0, 0.05) is 35.8 Å². The number of likely N-dealkylation sites (N-methyl/N-ethyl adjacent to an activating group) is 1. The molecule has 0 atom stereocenters. The second kappa shape index (κ2) is 5.01. The van der Waals surface area contributed by atoms with Crippen LogP contribution in [0.15, 0.2) is 30.5 Å². The predicted octanol–water partition coefficient (Wildman–Crippen LogP) is 1.62. The van der Waals surface area contributed by atoms with Gasteiger partial charge in [-0.2, -0.15) is 0 Å². The van der Waals surface area contributed by atoms with Gasteiger partial charge in [0.2, 0.25) is 0 Å². The lowest BCUT2D eigenvalue weighted by Crippen LogP contribution is -2.33. The van der Waals surface area contributed by atoms with Gasteiger partial charge in [-0.05, 0) is 25.1 Å². The number of nitrogens with zero attached hydrogens (tertiary/aromatic N) is 1. The molecule has 2 aromatic rings. The molecule has 17 heavy (non-hydrogen) atoms. The first kappa shape index (κ1) is 11.7. The number of amides is 1. The second-order valence-corrected chi connectivity index (χ2v) is 3.85. The summed E-state index contributed by atoms with van der Waals surface area (Å²) in [5.74, 6) is -0.0354. The maximum absolute atomic E-state index is 12.3. The zero-order valence-corrected chi connectivity index (χ0v) is 9.81. The maximum atomic E-state index is 12.3. The van der Waals surface area contributed by atoms with E-state index in [4.69, 9.17) is 5.11 Å². The highest BCUT2D eigenvalue weighted by molar-refractivity contribution is 6.06. The van der Waals surface area contributed by atoms with Crippen molar-refractivity contribution in [1.82, 2.24) is 9.88 Å². The Hall–Kier alpha value is -1.81. The van der Waals surface area contributed by atoms with Crippen molar-refractivity contribution in [2.24, 2.45) is 0 Å². The van der Waals surface area contributed by atoms with Crippen LogP contribution < -0.4 is 0 Å². The van der Waals surface area contributed by atoms with Gasteiger partial charge in [-0.3, -0.25) is 4.79 Å². The fourth-order valence-corrected chi connectivity index (χ4v) is 1.97. The molecule has 90 valence electrons. The van der Waals surface area contributed by atoms with Crippen LogP contribution in [0.4, 0.5) is 0 Å². The highest BCUT2D eigenvalue weighted by Crippen LogP contribution is 2.18. The molecule has 4 nitrogen and oxygen atoms in total. The van der Waals surface area contributed by atoms with Crippen LogP contribution in [0.2, 0.25) is 0 Å². The van der Waals surface area contributed by atoms with Crippen LogP contribution in [-0.4, -0.2) is 40.6 Å². The molecule has 1 aromatic heterocycles. The van der Waals surface area contributed by atoms with Crippen LogP contribution in [0.1, 0.15) is 17.3 Å². The Morgan fingerprint density at radius 2 is 2.24 bits per heavy atom. The summed E-state index contributed by atoms with van der Waals surface area (Å²) in [6.07, 6.45) is 1.82. The highest BCUT2D eigenvalue weighted by Gasteiger charge is 2.16. The number of aliphatic hydroxyl groups is 1. The van der Waals surface area contributed by atoms with Crippen LogP contribution in [0.5, 0.6) is 0 Å². The highest BCUT2D eigenvalue weighted by atomic mass is 16.3. The zero-order chi connectivity index (χ0) is 12.3. The average Bonchev–Trinajstić information content (AvgIpc) is 2.83. The van der Waals surface area contributed by atoms with E-state index >= 15 is 0 Å². The van der Waals surface area contributed by atoms with Crippen LogP contribution in [0.25, 0.3) is 10.9 Å². The van der Waals surface area contributed by atoms with Gasteiger partial charge >= 0.3 is 0 Å². The Kier molecular flexibility index (Phi) is 3.44. The average molecular weight is 232 g/mol. The smallest absolute Gasteiger partial charge is 0.254 e. The SMILES string of the molecule is CCN(CCO)C(=O)c1cccc2[nH]ccc12. The number of aromatic nitrogens is 1. The van der Waals surface area contributed by atoms with E-state index in [2.05, 4.69) is 4.98 Å². The molecule has 0 spiro atoms. The minimum atomic E-state index is -0.0354. The molecule has 1 amide bonds. The Bertz CT molecular complexity index is 519. The predicted molar refractivity (Wildman–Crippen MR) is 67.0 cm³/mol. The number of nitrogens with one attached hydrogen (secondary N) is 1. The van der Waals surface area contributed by atoms with E-state index in [1.54, 1.807) is 4.90 Å². The molecule has 0 fully saturated rings. The fraction of sp³-hybridized carbons (Fsp3) is 0.308. The van der Waals surface area contributed by atoms with E-state index in [9.17, 15) is 4.79 Å². The van der Waals surface area contributed by atoms with E-state index < -0.39 is 0 Å². The number of H-pyrrole nitrogens is 1. The summed E-state index contributed by atoms with van der Waals surface area (Å²) in [7, 11) is 0. The Morgan fingerprint density at radius 3 is 2.94 bits per heavy atom. The number of aliphatic hydroxyl groups excluding tert-OH is 1. The normalized spacial score (nSPS) is 10.7. The van der Waals surface area contributed by atoms with E-state index in [1.807, 2.05) is 37.4 Å². The van der Waals surface area contributed by atoms with Crippen LogP contribution in [0, 0.1) is 0 Å². The summed E-state index contributed by atoms with van der Waals surface area (Å²) < 4.78 is 0. The molecule has 2 rings (SSSR count). The molecule has 0 aliphatic heterocycles. The van der Waals surface area contributed by atoms with Crippen molar-refractivity contribution in [3.63, 3.8) is 0 Å². The number of carbonyl (C=O) groups excluding carboxylic acids is 1. The van der Waals surface area contributed by atoms with Gasteiger partial charge in [-0.1, -0.05) is 6.07 Å². The van der Waals surface area contributed by atoms with Gasteiger partial charge in [-0.15, -0.1) is 0 Å². The van der Waals surface area contributed by atoms with Crippen molar-refractivity contribution in [3.8, 4) is 0 Å². The van der Waals surface area contributed by atoms with Gasteiger partial charge < -0.3 is 15.0 Å². The molecule has 0 saturated carbocycles. The van der Waals surface area contributed by atoms with Gasteiger partial charge in [0.1, 0.15) is 0 Å². The summed E-state index contributed by atoms with van der Waals surface area (Å²) >= 11 is 0. The third kappa shape index (κ3) is 2.17. The molecule has 1 heterocycles. The largest absolute Gasteiger partial charge is 0.395 e. The Morgan fingerprint density at radius 1 is 1.41 bits per heavy atom. The first-order chi connectivity index (χ1) is 8.27. The summed E-state index contributed by atoms with van der Waals surface area (Å²) in [5, 5.41) is 9.86. The lowest BCUT2D eigenvalue weighted by atomic mass is 10.1. The number of aromatic amines is 1. The standard InChI is InChI=1S/C13H16N2O2/c1-2-15(8-9-16)13(17)11-4-3-5-12-10(11)6-7-14-12/h3-7,14,16H,2,8-9H2,1H3. The maximum Gasteiger partial charge on any atom is 0.254 e. The van der Waals surface area contributed by atoms with Crippen molar-refractivity contribution < 1.29 is 9.90 Å². The van der Waals surface area contributed by atoms with E-state index in [1.165, 1.54) is 0 Å². The van der Waals surface area contributed by atoms with Gasteiger partial charge in [0.25, 0.3) is 5.91 Å². The lowest BCUT2D eigenvalue weighted by molar-refractivity contribution is 0.0734. The fourth-order valence-electron chi connectivity index (χ4n) is 1.97. The molecule has 4 heteroatoms. The molecule has 0 bridgehead atoms. The Labute approximate surface area is 99.9 Å². The summed E-state index contributed by atoms with van der Waals surface area (Å²) in [5.41, 5.74) is 1.63. The number of rotatable bonds is 4. The number of hydrogen-bond donors (Lipinski definition) is 2. The van der Waals surface area contributed by atoms with Gasteiger partial charge in [-0.25, -0.2) is 0 Å². The Balaban J connectivity index is 2.38. The second-order valence-electron chi connectivity index (χ2n) is 3.85. The van der Waals surface area contributed by atoms with Gasteiger partial charge in [0.15, 0.2) is 0 Å². The third-order valence-electron chi connectivity index (χ3n) is 2.86. The monoisotopic (exact) mass is 232 g/mol. The van der Waals surface area contributed by atoms with Crippen molar-refractivity contribution in [2.45, 2.75) is 6.92 Å². The molecule has 0 saturated heterocycles. The molecule has 1 aromatic carbocycles. The zero-order valence-electron chi connectivity index (χ0n) is 9.81. The lowest BCUT2D eigenvalue weighted by Gasteiger charge is -2.20. The number of benzene rings is 1. The molecule has 0 unspecified atom stereocenters. The topological polar surface area (TPSA) is 56.3 Å². The minimum Gasteiger partial charge on any atom is -0.395 e. The van der Waals surface area contributed by atoms with Crippen LogP contribution in [-0.2, 0) is 0 Å². The minimum absolute atomic E-state index is 0.0112. The van der Waals surface area contributed by atoms with Gasteiger partial charge in [0.05, 0.1) is 6.61 Å². The molecule has 2 N–H and O–H groups in total. The number of hydrogen-bond acceptors (Lipinski definition) is 2. The summed E-state index contributed by atoms with van der Waals surface area (Å²) in [6.45, 7) is 2.86. The van der Waals surface area contributed by atoms with Crippen molar-refractivity contribution >= 4 is 16.8 Å². The molecule has 0 aliphatic rings. The molecular formula is C13H16N2O2. The van der Waals surface area contributed by atoms with Crippen LogP contribution in [0.3, 0.4) is 0 Å². The molecule has 0 radical (unpaired) electrons.